The molecule has 0 aliphatic carbocycles. The number of likely N-dealkylation sites (tertiary alicyclic amines) is 1. The van der Waals surface area contributed by atoms with Crippen LogP contribution in [0.1, 0.15) is 44.7 Å². The van der Waals surface area contributed by atoms with Crippen molar-refractivity contribution in [2.45, 2.75) is 66.1 Å². The lowest BCUT2D eigenvalue weighted by Gasteiger charge is -2.41. The van der Waals surface area contributed by atoms with E-state index in [0.717, 1.165) is 12.0 Å². The van der Waals surface area contributed by atoms with Crippen molar-refractivity contribution in [3.05, 3.63) is 61.2 Å². The summed E-state index contributed by atoms with van der Waals surface area (Å²) in [6.45, 7) is 11.7. The first-order valence-corrected chi connectivity index (χ1v) is 15.0. The van der Waals surface area contributed by atoms with Gasteiger partial charge in [-0.05, 0) is 38.7 Å². The molecule has 7 nitrogen and oxygen atoms in total. The van der Waals surface area contributed by atoms with E-state index in [2.05, 4.69) is 29.1 Å². The number of thioether (sulfide) groups is 1. The van der Waals surface area contributed by atoms with Crippen molar-refractivity contribution in [3.63, 3.8) is 0 Å². The number of rotatable bonds is 12. The summed E-state index contributed by atoms with van der Waals surface area (Å²) in [6, 6.07) is 7.61. The number of carbonyl (C=O) groups excluding carboxylic acids is 3. The molecule has 3 heterocycles. The molecule has 1 aromatic carbocycles. The van der Waals surface area contributed by atoms with Crippen molar-refractivity contribution < 1.29 is 24.2 Å². The summed E-state index contributed by atoms with van der Waals surface area (Å²) in [5.41, 5.74) is 0.746. The molecule has 0 saturated carbocycles. The first-order chi connectivity index (χ1) is 18.2. The summed E-state index contributed by atoms with van der Waals surface area (Å²) >= 11 is 5.35. The smallest absolute Gasteiger partial charge is 0.310 e. The molecule has 1 spiro atoms. The fourth-order valence-electron chi connectivity index (χ4n) is 6.33. The van der Waals surface area contributed by atoms with Gasteiger partial charge in [0.25, 0.3) is 0 Å². The van der Waals surface area contributed by atoms with Gasteiger partial charge in [0, 0.05) is 22.7 Å². The third-order valence-electron chi connectivity index (χ3n) is 7.96. The van der Waals surface area contributed by atoms with Gasteiger partial charge < -0.3 is 19.6 Å². The van der Waals surface area contributed by atoms with Crippen LogP contribution in [0.15, 0.2) is 55.6 Å². The van der Waals surface area contributed by atoms with Crippen molar-refractivity contribution in [2.24, 2.45) is 11.8 Å². The van der Waals surface area contributed by atoms with Crippen molar-refractivity contribution in [3.8, 4) is 0 Å². The molecule has 7 atom stereocenters. The molecule has 1 N–H and O–H groups in total. The first kappa shape index (κ1) is 28.9. The maximum Gasteiger partial charge on any atom is 0.310 e. The van der Waals surface area contributed by atoms with Gasteiger partial charge in [-0.3, -0.25) is 14.4 Å². The highest BCUT2D eigenvalue weighted by atomic mass is 79.9. The number of unbranched alkanes of at least 4 members (excludes halogenated alkanes) is 1. The molecule has 3 saturated heterocycles. The molecule has 206 valence electrons. The Kier molecular flexibility index (Phi) is 9.10. The van der Waals surface area contributed by atoms with Gasteiger partial charge in [-0.15, -0.1) is 24.9 Å². The van der Waals surface area contributed by atoms with Gasteiger partial charge in [0.05, 0.1) is 35.8 Å². The van der Waals surface area contributed by atoms with Gasteiger partial charge in [-0.2, -0.15) is 0 Å². The summed E-state index contributed by atoms with van der Waals surface area (Å²) in [4.78, 5) is 45.5. The van der Waals surface area contributed by atoms with E-state index < -0.39 is 34.6 Å². The van der Waals surface area contributed by atoms with Crippen LogP contribution in [0.3, 0.4) is 0 Å². The Hall–Kier alpha value is -2.10. The van der Waals surface area contributed by atoms with Crippen LogP contribution in [0.25, 0.3) is 0 Å². The number of aliphatic hydroxyl groups is 1. The Balaban J connectivity index is 1.79. The monoisotopic (exact) mass is 604 g/mol. The van der Waals surface area contributed by atoms with E-state index in [1.54, 1.807) is 33.7 Å². The Morgan fingerprint density at radius 2 is 2.00 bits per heavy atom. The van der Waals surface area contributed by atoms with E-state index in [0.29, 0.717) is 19.4 Å². The molecule has 3 unspecified atom stereocenters. The van der Waals surface area contributed by atoms with E-state index >= 15 is 0 Å². The number of carbonyl (C=O) groups is 3. The maximum absolute atomic E-state index is 14.4. The molecule has 3 aliphatic rings. The van der Waals surface area contributed by atoms with Gasteiger partial charge in [0.2, 0.25) is 11.8 Å². The number of allylic oxidation sites excluding steroid dienone is 1. The maximum atomic E-state index is 14.4. The lowest BCUT2D eigenvalue weighted by Crippen LogP contribution is -2.57. The number of fused-ring (bicyclic) bond motifs is 1. The molecule has 2 amide bonds. The van der Waals surface area contributed by atoms with Crippen molar-refractivity contribution in [1.29, 1.82) is 0 Å². The minimum absolute atomic E-state index is 0.0475. The van der Waals surface area contributed by atoms with E-state index in [1.165, 1.54) is 0 Å². The van der Waals surface area contributed by atoms with Gasteiger partial charge in [0.1, 0.15) is 6.04 Å². The highest BCUT2D eigenvalue weighted by Crippen LogP contribution is 2.68. The number of hydrogen-bond acceptors (Lipinski definition) is 6. The number of hydrogen-bond donors (Lipinski definition) is 1. The SMILES string of the molecule is C=CCCCOC(=O)[C@H]1[C@H]2C(=O)N([C@H](CO)c3ccccc3)C(C(=O)N(CC=C)C(C)C)C23CC(Br)[C@@H]1S3. The average Bonchev–Trinajstić information content (AvgIpc) is 3.49. The van der Waals surface area contributed by atoms with Crippen LogP contribution >= 0.6 is 27.7 Å². The zero-order valence-corrected chi connectivity index (χ0v) is 24.4. The minimum Gasteiger partial charge on any atom is -0.465 e. The highest BCUT2D eigenvalue weighted by Gasteiger charge is 2.76. The van der Waals surface area contributed by atoms with Crippen LogP contribution < -0.4 is 0 Å². The third kappa shape index (κ3) is 4.86. The summed E-state index contributed by atoms with van der Waals surface area (Å²) < 4.78 is 4.85. The molecule has 0 radical (unpaired) electrons. The topological polar surface area (TPSA) is 87.1 Å². The van der Waals surface area contributed by atoms with E-state index in [1.807, 2.05) is 44.2 Å². The number of benzene rings is 1. The summed E-state index contributed by atoms with van der Waals surface area (Å²) in [6.07, 6.45) is 5.43. The Labute approximate surface area is 237 Å². The Bertz CT molecular complexity index is 1070. The summed E-state index contributed by atoms with van der Waals surface area (Å²) in [7, 11) is 0. The number of esters is 1. The second kappa shape index (κ2) is 12.0. The molecule has 0 aromatic heterocycles. The number of alkyl halides is 1. The van der Waals surface area contributed by atoms with Crippen LogP contribution in [0.4, 0.5) is 0 Å². The molecule has 3 aliphatic heterocycles. The zero-order valence-electron chi connectivity index (χ0n) is 22.0. The molecule has 2 bridgehead atoms. The van der Waals surface area contributed by atoms with Gasteiger partial charge in [-0.25, -0.2) is 0 Å². The van der Waals surface area contributed by atoms with E-state index in [-0.39, 0.29) is 41.1 Å². The standard InChI is InChI=1S/C29H37BrN2O5S/c1-5-7-11-15-37-28(36)22-23-26(34)32(21(17-33)19-12-9-8-10-13-19)25(27(35)31(14-6-2)18(3)4)29(23)16-20(30)24(22)38-29/h5-6,8-10,12-13,18,20-25,33H,1-2,7,11,14-17H2,3-4H3/t20?,21-,22+,23+,24+,25?,29?/m1/s1. The minimum atomic E-state index is -0.840. The highest BCUT2D eigenvalue weighted by molar-refractivity contribution is 9.09. The second-order valence-electron chi connectivity index (χ2n) is 10.5. The van der Waals surface area contributed by atoms with Crippen LogP contribution in [0.5, 0.6) is 0 Å². The second-order valence-corrected chi connectivity index (χ2v) is 13.2. The molecule has 4 rings (SSSR count). The van der Waals surface area contributed by atoms with Crippen molar-refractivity contribution in [2.75, 3.05) is 19.8 Å². The summed E-state index contributed by atoms with van der Waals surface area (Å²) in [5.74, 6) is -2.22. The number of ether oxygens (including phenoxy) is 1. The quantitative estimate of drug-likeness (QED) is 0.167. The fourth-order valence-corrected chi connectivity index (χ4v) is 9.91. The van der Waals surface area contributed by atoms with Gasteiger partial charge in [0.15, 0.2) is 0 Å². The first-order valence-electron chi connectivity index (χ1n) is 13.2. The van der Waals surface area contributed by atoms with Gasteiger partial charge >= 0.3 is 5.97 Å². The Morgan fingerprint density at radius 3 is 2.61 bits per heavy atom. The predicted octanol–water partition coefficient (Wildman–Crippen LogP) is 4.12. The number of halogens is 1. The molecule has 9 heteroatoms. The number of aliphatic hydroxyl groups excluding tert-OH is 1. The van der Waals surface area contributed by atoms with Crippen molar-refractivity contribution in [1.82, 2.24) is 9.80 Å². The molecule has 1 aromatic rings. The predicted molar refractivity (Wildman–Crippen MR) is 153 cm³/mol. The normalized spacial score (nSPS) is 30.3. The fraction of sp³-hybridized carbons (Fsp3) is 0.552. The number of nitrogens with zero attached hydrogens (tertiary/aromatic N) is 2. The van der Waals surface area contributed by atoms with Gasteiger partial charge in [-0.1, -0.05) is 58.4 Å². The van der Waals surface area contributed by atoms with Crippen LogP contribution in [-0.2, 0) is 19.1 Å². The van der Waals surface area contributed by atoms with Crippen molar-refractivity contribution >= 4 is 45.5 Å². The molecule has 3 fully saturated rings. The zero-order chi connectivity index (χ0) is 27.6. The molecular formula is C29H37BrN2O5S. The molecular weight excluding hydrogens is 568 g/mol. The van der Waals surface area contributed by atoms with E-state index in [4.69, 9.17) is 4.74 Å². The summed E-state index contributed by atoms with van der Waals surface area (Å²) in [5, 5.41) is 10.4. The lowest BCUT2D eigenvalue weighted by molar-refractivity contribution is -0.154. The molecule has 38 heavy (non-hydrogen) atoms. The van der Waals surface area contributed by atoms with Crippen LogP contribution in [-0.4, -0.2) is 79.4 Å². The Morgan fingerprint density at radius 1 is 1.29 bits per heavy atom. The lowest BCUT2D eigenvalue weighted by atomic mass is 9.71. The van der Waals surface area contributed by atoms with Crippen LogP contribution in [0.2, 0.25) is 0 Å². The number of amides is 2. The van der Waals surface area contributed by atoms with E-state index in [9.17, 15) is 19.5 Å². The van der Waals surface area contributed by atoms with Crippen LogP contribution in [0, 0.1) is 11.8 Å². The average molecular weight is 606 g/mol. The largest absolute Gasteiger partial charge is 0.465 e. The third-order valence-corrected chi connectivity index (χ3v) is 11.2.